The van der Waals surface area contributed by atoms with Gasteiger partial charge in [0.05, 0.1) is 42.9 Å². The standard InChI is InChI=1S/C28H24N2O6S/c1-4-35-27(32)23-24(17-9-6-5-7-10-17)29-28-30(26(31)22(37-28)16-19-11-8-14-36-19)25(23)20-15-18(33-2)12-13-21(20)34-3/h5-16,25H,4H2,1-3H3/b22-16-/t25-/m1/s1. The van der Waals surface area contributed by atoms with Crippen molar-refractivity contribution in [3.63, 3.8) is 0 Å². The van der Waals surface area contributed by atoms with E-state index in [1.54, 1.807) is 56.7 Å². The fourth-order valence-electron chi connectivity index (χ4n) is 4.29. The van der Waals surface area contributed by atoms with Crippen LogP contribution in [-0.2, 0) is 9.53 Å². The third-order valence-corrected chi connectivity index (χ3v) is 6.90. The van der Waals surface area contributed by atoms with Gasteiger partial charge in [-0.25, -0.2) is 9.79 Å². The van der Waals surface area contributed by atoms with Gasteiger partial charge in [0.15, 0.2) is 4.80 Å². The molecule has 2 aromatic carbocycles. The van der Waals surface area contributed by atoms with E-state index in [-0.39, 0.29) is 17.7 Å². The second kappa shape index (κ2) is 10.3. The molecule has 0 unspecified atom stereocenters. The van der Waals surface area contributed by atoms with Crippen molar-refractivity contribution in [2.75, 3.05) is 20.8 Å². The van der Waals surface area contributed by atoms with E-state index in [0.717, 1.165) is 5.56 Å². The van der Waals surface area contributed by atoms with E-state index < -0.39 is 12.0 Å². The fraction of sp³-hybridized carbons (Fsp3) is 0.179. The first-order valence-corrected chi connectivity index (χ1v) is 12.4. The van der Waals surface area contributed by atoms with Gasteiger partial charge in [-0.1, -0.05) is 41.7 Å². The van der Waals surface area contributed by atoms with E-state index in [1.807, 2.05) is 30.3 Å². The molecule has 0 radical (unpaired) electrons. The van der Waals surface area contributed by atoms with E-state index in [1.165, 1.54) is 23.0 Å². The Balaban J connectivity index is 1.89. The molecular weight excluding hydrogens is 492 g/mol. The van der Waals surface area contributed by atoms with Gasteiger partial charge in [-0.05, 0) is 37.3 Å². The van der Waals surface area contributed by atoms with Crippen molar-refractivity contribution in [1.29, 1.82) is 0 Å². The Morgan fingerprint density at radius 2 is 1.92 bits per heavy atom. The number of hydrogen-bond donors (Lipinski definition) is 0. The molecule has 0 bridgehead atoms. The summed E-state index contributed by atoms with van der Waals surface area (Å²) in [5.41, 5.74) is 1.64. The summed E-state index contributed by atoms with van der Waals surface area (Å²) < 4.78 is 24.0. The Hall–Kier alpha value is -4.37. The zero-order valence-corrected chi connectivity index (χ0v) is 21.3. The molecule has 0 fully saturated rings. The molecule has 1 aliphatic heterocycles. The molecule has 4 aromatic rings. The van der Waals surface area contributed by atoms with E-state index in [0.29, 0.717) is 37.9 Å². The predicted molar refractivity (Wildman–Crippen MR) is 139 cm³/mol. The van der Waals surface area contributed by atoms with Crippen LogP contribution in [0.5, 0.6) is 11.5 Å². The van der Waals surface area contributed by atoms with Crippen molar-refractivity contribution in [3.8, 4) is 11.5 Å². The molecule has 0 N–H and O–H groups in total. The molecule has 5 rings (SSSR count). The third kappa shape index (κ3) is 4.49. The van der Waals surface area contributed by atoms with Gasteiger partial charge in [-0.3, -0.25) is 9.36 Å². The van der Waals surface area contributed by atoms with Crippen LogP contribution in [0.2, 0.25) is 0 Å². The zero-order chi connectivity index (χ0) is 25.9. The van der Waals surface area contributed by atoms with Crippen LogP contribution < -0.4 is 24.4 Å². The van der Waals surface area contributed by atoms with Crippen LogP contribution in [0.1, 0.15) is 29.9 Å². The molecule has 2 aromatic heterocycles. The maximum atomic E-state index is 13.8. The Kier molecular flexibility index (Phi) is 6.78. The molecule has 188 valence electrons. The first kappa shape index (κ1) is 24.3. The quantitative estimate of drug-likeness (QED) is 0.349. The largest absolute Gasteiger partial charge is 0.497 e. The van der Waals surface area contributed by atoms with E-state index in [9.17, 15) is 9.59 Å². The van der Waals surface area contributed by atoms with E-state index in [4.69, 9.17) is 23.6 Å². The Morgan fingerprint density at radius 3 is 2.59 bits per heavy atom. The molecule has 0 spiro atoms. The highest BCUT2D eigenvalue weighted by Crippen LogP contribution is 2.40. The number of nitrogens with zero attached hydrogens (tertiary/aromatic N) is 2. The maximum Gasteiger partial charge on any atom is 0.338 e. The minimum absolute atomic E-state index is 0.162. The van der Waals surface area contributed by atoms with Crippen LogP contribution in [0.25, 0.3) is 11.8 Å². The van der Waals surface area contributed by atoms with Crippen molar-refractivity contribution in [2.24, 2.45) is 4.99 Å². The number of benzene rings is 2. The summed E-state index contributed by atoms with van der Waals surface area (Å²) in [5.74, 6) is 1.01. The summed E-state index contributed by atoms with van der Waals surface area (Å²) in [4.78, 5) is 32.7. The van der Waals surface area contributed by atoms with Crippen LogP contribution in [0.15, 0.2) is 86.7 Å². The third-order valence-electron chi connectivity index (χ3n) is 5.92. The summed E-state index contributed by atoms with van der Waals surface area (Å²) >= 11 is 1.22. The number of hydrogen-bond acceptors (Lipinski definition) is 8. The smallest absolute Gasteiger partial charge is 0.338 e. The van der Waals surface area contributed by atoms with Gasteiger partial charge in [0, 0.05) is 17.2 Å². The molecular formula is C28H24N2O6S. The lowest BCUT2D eigenvalue weighted by atomic mass is 9.92. The highest BCUT2D eigenvalue weighted by Gasteiger charge is 2.37. The van der Waals surface area contributed by atoms with Crippen molar-refractivity contribution in [2.45, 2.75) is 13.0 Å². The maximum absolute atomic E-state index is 13.8. The number of fused-ring (bicyclic) bond motifs is 1. The van der Waals surface area contributed by atoms with Gasteiger partial charge in [0.1, 0.15) is 23.3 Å². The zero-order valence-electron chi connectivity index (χ0n) is 20.5. The Labute approximate surface area is 216 Å². The fourth-order valence-corrected chi connectivity index (χ4v) is 5.27. The summed E-state index contributed by atoms with van der Waals surface area (Å²) in [7, 11) is 3.09. The van der Waals surface area contributed by atoms with Gasteiger partial charge in [-0.15, -0.1) is 0 Å². The lowest BCUT2D eigenvalue weighted by Gasteiger charge is -2.27. The Morgan fingerprint density at radius 1 is 1.11 bits per heavy atom. The number of thiazole rings is 1. The van der Waals surface area contributed by atoms with Gasteiger partial charge in [0.2, 0.25) is 0 Å². The minimum Gasteiger partial charge on any atom is -0.497 e. The predicted octanol–water partition coefficient (Wildman–Crippen LogP) is 3.55. The highest BCUT2D eigenvalue weighted by molar-refractivity contribution is 7.07. The molecule has 9 heteroatoms. The van der Waals surface area contributed by atoms with Crippen LogP contribution in [0.3, 0.4) is 0 Å². The number of aromatic nitrogens is 1. The number of rotatable bonds is 7. The molecule has 37 heavy (non-hydrogen) atoms. The number of carbonyl (C=O) groups excluding carboxylic acids is 1. The van der Waals surface area contributed by atoms with Crippen LogP contribution in [0.4, 0.5) is 0 Å². The van der Waals surface area contributed by atoms with Crippen LogP contribution >= 0.6 is 11.3 Å². The molecule has 3 heterocycles. The summed E-state index contributed by atoms with van der Waals surface area (Å²) in [6.07, 6.45) is 3.21. The van der Waals surface area contributed by atoms with Crippen molar-refractivity contribution in [3.05, 3.63) is 109 Å². The van der Waals surface area contributed by atoms with Crippen molar-refractivity contribution >= 4 is 29.1 Å². The number of carbonyl (C=O) groups is 1. The second-order valence-corrected chi connectivity index (χ2v) is 9.06. The molecule has 1 atom stereocenters. The minimum atomic E-state index is -0.880. The van der Waals surface area contributed by atoms with Crippen molar-refractivity contribution < 1.29 is 23.4 Å². The molecule has 0 amide bonds. The summed E-state index contributed by atoms with van der Waals surface area (Å²) in [5, 5.41) is 0. The Bertz CT molecular complexity index is 1650. The number of esters is 1. The number of ether oxygens (including phenoxy) is 3. The first-order chi connectivity index (χ1) is 18.0. The first-order valence-electron chi connectivity index (χ1n) is 11.6. The van der Waals surface area contributed by atoms with Crippen molar-refractivity contribution in [1.82, 2.24) is 4.57 Å². The average Bonchev–Trinajstić information content (AvgIpc) is 3.55. The SMILES string of the molecule is CCOC(=O)C1=C(c2ccccc2)N=c2s/c(=C\c3ccco3)c(=O)n2[C@@H]1c1cc(OC)ccc1OC. The average molecular weight is 517 g/mol. The normalized spacial score (nSPS) is 15.2. The lowest BCUT2D eigenvalue weighted by Crippen LogP contribution is -2.40. The second-order valence-electron chi connectivity index (χ2n) is 8.05. The van der Waals surface area contributed by atoms with Gasteiger partial charge in [-0.2, -0.15) is 0 Å². The monoisotopic (exact) mass is 516 g/mol. The van der Waals surface area contributed by atoms with Gasteiger partial charge in [0.25, 0.3) is 5.56 Å². The van der Waals surface area contributed by atoms with Gasteiger partial charge >= 0.3 is 5.97 Å². The number of methoxy groups -OCH3 is 2. The molecule has 1 aliphatic rings. The summed E-state index contributed by atoms with van der Waals surface area (Å²) in [6.45, 7) is 1.90. The highest BCUT2D eigenvalue weighted by atomic mass is 32.1. The molecule has 0 aliphatic carbocycles. The van der Waals surface area contributed by atoms with Crippen LogP contribution in [0, 0.1) is 0 Å². The van der Waals surface area contributed by atoms with E-state index >= 15 is 0 Å². The molecule has 0 saturated carbocycles. The molecule has 8 nitrogen and oxygen atoms in total. The number of furan rings is 1. The van der Waals surface area contributed by atoms with E-state index in [2.05, 4.69) is 0 Å². The van der Waals surface area contributed by atoms with Crippen LogP contribution in [-0.4, -0.2) is 31.4 Å². The van der Waals surface area contributed by atoms with Gasteiger partial charge < -0.3 is 18.6 Å². The summed E-state index contributed by atoms with van der Waals surface area (Å²) in [6, 6.07) is 17.3. The molecule has 0 saturated heterocycles. The topological polar surface area (TPSA) is 92.3 Å². The lowest BCUT2D eigenvalue weighted by molar-refractivity contribution is -0.138.